The van der Waals surface area contributed by atoms with Crippen molar-refractivity contribution >= 4 is 75.0 Å². The third-order valence-corrected chi connectivity index (χ3v) is 11.3. The minimum Gasteiger partial charge on any atom is -0.456 e. The van der Waals surface area contributed by atoms with Gasteiger partial charge >= 0.3 is 0 Å². The molecule has 11 aromatic rings. The first-order chi connectivity index (χ1) is 25.7. The van der Waals surface area contributed by atoms with Crippen molar-refractivity contribution in [1.29, 1.82) is 0 Å². The van der Waals surface area contributed by atoms with Crippen LogP contribution in [0.15, 0.2) is 168 Å². The standard InChI is InChI=1S/C47H27N3OS/c1-2-10-30(11-3-1)45-48-46(33-22-24-43-38(27-33)35-13-6-7-16-42(35)52-43)50-47(49-45)36-14-8-15-41-44(36)39-26-32(21-23-40(39)51-41)31-20-19-29-18-17-28-9-4-5-12-34(28)37(29)25-31/h1-27H. The molecule has 0 amide bonds. The molecule has 0 aliphatic heterocycles. The van der Waals surface area contributed by atoms with Gasteiger partial charge in [0.25, 0.3) is 0 Å². The number of fused-ring (bicyclic) bond motifs is 9. The Balaban J connectivity index is 1.11. The number of aromatic nitrogens is 3. The minimum absolute atomic E-state index is 0.606. The Hall–Kier alpha value is -6.69. The highest BCUT2D eigenvalue weighted by Crippen LogP contribution is 2.40. The molecule has 4 nitrogen and oxygen atoms in total. The van der Waals surface area contributed by atoms with Gasteiger partial charge in [0.05, 0.1) is 0 Å². The van der Waals surface area contributed by atoms with Crippen LogP contribution in [0.3, 0.4) is 0 Å². The summed E-state index contributed by atoms with van der Waals surface area (Å²) in [7, 11) is 0. The third-order valence-electron chi connectivity index (χ3n) is 10.1. The zero-order valence-electron chi connectivity index (χ0n) is 27.7. The second-order valence-corrected chi connectivity index (χ2v) is 14.3. The second-order valence-electron chi connectivity index (χ2n) is 13.2. The molecule has 242 valence electrons. The monoisotopic (exact) mass is 681 g/mol. The summed E-state index contributed by atoms with van der Waals surface area (Å²) in [4.78, 5) is 15.4. The van der Waals surface area contributed by atoms with Gasteiger partial charge < -0.3 is 4.42 Å². The lowest BCUT2D eigenvalue weighted by Crippen LogP contribution is -2.00. The maximum absolute atomic E-state index is 6.47. The fourth-order valence-electron chi connectivity index (χ4n) is 7.58. The molecule has 0 spiro atoms. The Labute approximate surface area is 302 Å². The van der Waals surface area contributed by atoms with Crippen LogP contribution in [-0.2, 0) is 0 Å². The van der Waals surface area contributed by atoms with Gasteiger partial charge in [-0.1, -0.05) is 115 Å². The van der Waals surface area contributed by atoms with E-state index in [0.717, 1.165) is 49.8 Å². The molecule has 8 aromatic carbocycles. The molecule has 0 aliphatic rings. The Morgan fingerprint density at radius 2 is 1.00 bits per heavy atom. The quantitative estimate of drug-likeness (QED) is 0.174. The number of benzene rings is 8. The largest absolute Gasteiger partial charge is 0.456 e. The Morgan fingerprint density at radius 3 is 1.88 bits per heavy atom. The van der Waals surface area contributed by atoms with Crippen LogP contribution in [-0.4, -0.2) is 15.0 Å². The Bertz CT molecular complexity index is 3200. The van der Waals surface area contributed by atoms with E-state index in [1.807, 2.05) is 42.5 Å². The molecule has 0 radical (unpaired) electrons. The van der Waals surface area contributed by atoms with E-state index in [1.54, 1.807) is 11.3 Å². The molecular weight excluding hydrogens is 655 g/mol. The summed E-state index contributed by atoms with van der Waals surface area (Å²) in [5.74, 6) is 1.87. The van der Waals surface area contributed by atoms with Crippen molar-refractivity contribution in [1.82, 2.24) is 15.0 Å². The van der Waals surface area contributed by atoms with Gasteiger partial charge in [-0.15, -0.1) is 11.3 Å². The summed E-state index contributed by atoms with van der Waals surface area (Å²) in [6.07, 6.45) is 0. The SMILES string of the molecule is c1ccc(-c2nc(-c3ccc4sc5ccccc5c4c3)nc(-c3cccc4oc5ccc(-c6ccc7ccc8ccccc8c7c6)cc5c34)n2)cc1. The first-order valence-electron chi connectivity index (χ1n) is 17.3. The Morgan fingerprint density at radius 1 is 0.365 bits per heavy atom. The van der Waals surface area contributed by atoms with E-state index in [1.165, 1.54) is 41.7 Å². The van der Waals surface area contributed by atoms with Crippen molar-refractivity contribution in [2.45, 2.75) is 0 Å². The van der Waals surface area contributed by atoms with Crippen LogP contribution < -0.4 is 0 Å². The molecule has 11 rings (SSSR count). The maximum Gasteiger partial charge on any atom is 0.164 e. The molecule has 0 saturated heterocycles. The van der Waals surface area contributed by atoms with Crippen molar-refractivity contribution in [3.8, 4) is 45.3 Å². The molecular formula is C47H27N3OS. The summed E-state index contributed by atoms with van der Waals surface area (Å²) < 4.78 is 8.99. The lowest BCUT2D eigenvalue weighted by Gasteiger charge is -2.10. The highest BCUT2D eigenvalue weighted by atomic mass is 32.1. The lowest BCUT2D eigenvalue weighted by molar-refractivity contribution is 0.669. The van der Waals surface area contributed by atoms with E-state index >= 15 is 0 Å². The summed E-state index contributed by atoms with van der Waals surface area (Å²) in [6, 6.07) is 57.5. The minimum atomic E-state index is 0.606. The van der Waals surface area contributed by atoms with Gasteiger partial charge in [-0.25, -0.2) is 15.0 Å². The van der Waals surface area contributed by atoms with Crippen LogP contribution >= 0.6 is 11.3 Å². The number of thiophene rings is 1. The number of furan rings is 1. The van der Waals surface area contributed by atoms with Crippen LogP contribution in [0, 0.1) is 0 Å². The average Bonchev–Trinajstić information content (AvgIpc) is 3.78. The first kappa shape index (κ1) is 29.1. The highest BCUT2D eigenvalue weighted by molar-refractivity contribution is 7.25. The van der Waals surface area contributed by atoms with Crippen LogP contribution in [0.5, 0.6) is 0 Å². The molecule has 0 bridgehead atoms. The second kappa shape index (κ2) is 11.4. The smallest absolute Gasteiger partial charge is 0.164 e. The summed E-state index contributed by atoms with van der Waals surface area (Å²) in [6.45, 7) is 0. The molecule has 5 heteroatoms. The fourth-order valence-corrected chi connectivity index (χ4v) is 8.67. The van der Waals surface area contributed by atoms with E-state index in [4.69, 9.17) is 19.4 Å². The van der Waals surface area contributed by atoms with E-state index in [9.17, 15) is 0 Å². The van der Waals surface area contributed by atoms with Gasteiger partial charge in [0.2, 0.25) is 0 Å². The highest BCUT2D eigenvalue weighted by Gasteiger charge is 2.19. The van der Waals surface area contributed by atoms with E-state index in [2.05, 4.69) is 121 Å². The topological polar surface area (TPSA) is 51.8 Å². The molecule has 0 atom stereocenters. The van der Waals surface area contributed by atoms with Crippen molar-refractivity contribution in [3.05, 3.63) is 164 Å². The van der Waals surface area contributed by atoms with Crippen LogP contribution in [0.1, 0.15) is 0 Å². The van der Waals surface area contributed by atoms with Gasteiger partial charge in [0.15, 0.2) is 17.5 Å². The summed E-state index contributed by atoms with van der Waals surface area (Å²) >= 11 is 1.81. The van der Waals surface area contributed by atoms with Gasteiger partial charge in [-0.3, -0.25) is 0 Å². The molecule has 0 saturated carbocycles. The predicted molar refractivity (Wildman–Crippen MR) is 217 cm³/mol. The van der Waals surface area contributed by atoms with Crippen molar-refractivity contribution in [3.63, 3.8) is 0 Å². The third kappa shape index (κ3) is 4.64. The molecule has 0 N–H and O–H groups in total. The first-order valence-corrected chi connectivity index (χ1v) is 18.2. The number of hydrogen-bond acceptors (Lipinski definition) is 5. The van der Waals surface area contributed by atoms with Crippen molar-refractivity contribution in [2.75, 3.05) is 0 Å². The molecule has 3 aromatic heterocycles. The fraction of sp³-hybridized carbons (Fsp3) is 0. The number of nitrogens with zero attached hydrogens (tertiary/aromatic N) is 3. The maximum atomic E-state index is 6.47. The molecule has 0 unspecified atom stereocenters. The normalized spacial score (nSPS) is 11.8. The van der Waals surface area contributed by atoms with Gasteiger partial charge in [0, 0.05) is 47.6 Å². The van der Waals surface area contributed by atoms with Gasteiger partial charge in [-0.2, -0.15) is 0 Å². The Kier molecular flexibility index (Phi) is 6.39. The van der Waals surface area contributed by atoms with Crippen LogP contribution in [0.25, 0.3) is 109 Å². The lowest BCUT2D eigenvalue weighted by atomic mass is 9.96. The zero-order chi connectivity index (χ0) is 34.2. The zero-order valence-corrected chi connectivity index (χ0v) is 28.6. The summed E-state index contributed by atoms with van der Waals surface area (Å²) in [5.41, 5.74) is 6.69. The van der Waals surface area contributed by atoms with E-state index < -0.39 is 0 Å². The van der Waals surface area contributed by atoms with Crippen molar-refractivity contribution in [2.24, 2.45) is 0 Å². The van der Waals surface area contributed by atoms with Gasteiger partial charge in [-0.05, 0) is 81.2 Å². The van der Waals surface area contributed by atoms with Gasteiger partial charge in [0.1, 0.15) is 11.2 Å². The summed E-state index contributed by atoms with van der Waals surface area (Å²) in [5, 5.41) is 9.43. The molecule has 0 fully saturated rings. The molecule has 0 aliphatic carbocycles. The number of rotatable bonds is 4. The predicted octanol–water partition coefficient (Wildman–Crippen LogP) is 13.1. The van der Waals surface area contributed by atoms with Crippen LogP contribution in [0.2, 0.25) is 0 Å². The van der Waals surface area contributed by atoms with E-state index in [0.29, 0.717) is 17.5 Å². The van der Waals surface area contributed by atoms with Crippen LogP contribution in [0.4, 0.5) is 0 Å². The molecule has 3 heterocycles. The van der Waals surface area contributed by atoms with Crippen molar-refractivity contribution < 1.29 is 4.42 Å². The number of hydrogen-bond donors (Lipinski definition) is 0. The molecule has 52 heavy (non-hydrogen) atoms. The van der Waals surface area contributed by atoms with E-state index in [-0.39, 0.29) is 0 Å². The average molecular weight is 682 g/mol.